The largest absolute Gasteiger partial charge is 0.374 e. The first-order chi connectivity index (χ1) is 11.1. The van der Waals surface area contributed by atoms with Gasteiger partial charge in [0.25, 0.3) is 5.91 Å². The van der Waals surface area contributed by atoms with Crippen molar-refractivity contribution < 1.29 is 9.53 Å². The number of pyridine rings is 1. The number of hydrogen-bond donors (Lipinski definition) is 1. The number of hydrogen-bond acceptors (Lipinski definition) is 4. The number of nitrogens with zero attached hydrogens (tertiary/aromatic N) is 3. The molecule has 124 valence electrons. The first-order valence-electron chi connectivity index (χ1n) is 8.17. The van der Waals surface area contributed by atoms with E-state index in [4.69, 9.17) is 4.74 Å². The van der Waals surface area contributed by atoms with Crippen LogP contribution in [0.5, 0.6) is 0 Å². The van der Waals surface area contributed by atoms with Gasteiger partial charge in [-0.1, -0.05) is 19.9 Å². The van der Waals surface area contributed by atoms with Crippen LogP contribution in [0.4, 0.5) is 0 Å². The number of nitrogens with one attached hydrogen (secondary N) is 1. The molecule has 1 saturated heterocycles. The van der Waals surface area contributed by atoms with Crippen LogP contribution >= 0.6 is 0 Å². The van der Waals surface area contributed by atoms with Gasteiger partial charge >= 0.3 is 0 Å². The maximum absolute atomic E-state index is 12.3. The summed E-state index contributed by atoms with van der Waals surface area (Å²) in [6.45, 7) is 8.58. The van der Waals surface area contributed by atoms with Crippen LogP contribution in [0.1, 0.15) is 24.3 Å². The van der Waals surface area contributed by atoms with Crippen LogP contribution in [0.3, 0.4) is 0 Å². The molecule has 1 aliphatic heterocycles. The molecule has 2 aromatic heterocycles. The van der Waals surface area contributed by atoms with Crippen molar-refractivity contribution >= 4 is 11.6 Å². The number of aromatic nitrogens is 2. The molecular formula is C17H24N4O2. The van der Waals surface area contributed by atoms with Gasteiger partial charge in [-0.2, -0.15) is 0 Å². The molecule has 6 heteroatoms. The number of rotatable bonds is 5. The van der Waals surface area contributed by atoms with Gasteiger partial charge in [-0.05, 0) is 18.1 Å². The first kappa shape index (κ1) is 16.0. The van der Waals surface area contributed by atoms with Crippen LogP contribution in [-0.2, 0) is 4.74 Å². The Hall–Kier alpha value is -1.92. The van der Waals surface area contributed by atoms with Gasteiger partial charge in [-0.15, -0.1) is 0 Å². The third-order valence-corrected chi connectivity index (χ3v) is 3.93. The summed E-state index contributed by atoms with van der Waals surface area (Å²) in [6, 6.07) is 5.70. The van der Waals surface area contributed by atoms with Gasteiger partial charge in [0.05, 0.1) is 12.7 Å². The van der Waals surface area contributed by atoms with Gasteiger partial charge in [0, 0.05) is 38.6 Å². The summed E-state index contributed by atoms with van der Waals surface area (Å²) < 4.78 is 7.60. The Kier molecular flexibility index (Phi) is 4.93. The zero-order chi connectivity index (χ0) is 16.2. The van der Waals surface area contributed by atoms with Gasteiger partial charge in [0.1, 0.15) is 11.3 Å². The first-order valence-corrected chi connectivity index (χ1v) is 8.17. The molecule has 1 atom stereocenters. The standard InChI is InChI=1S/C17H24N4O2/c1-13(2)10-20-7-8-23-14(11-20)9-18-17(22)15-12-21-6-4-3-5-16(21)19-15/h3-6,12-14H,7-11H2,1-2H3,(H,18,22)/t14-/m1/s1. The van der Waals surface area contributed by atoms with E-state index in [2.05, 4.69) is 29.0 Å². The lowest BCUT2D eigenvalue weighted by atomic mass is 10.2. The molecule has 1 aliphatic rings. The molecule has 3 rings (SSSR count). The fraction of sp³-hybridized carbons (Fsp3) is 0.529. The van der Waals surface area contributed by atoms with Gasteiger partial charge in [-0.25, -0.2) is 4.98 Å². The normalized spacial score (nSPS) is 19.3. The SMILES string of the molecule is CC(C)CN1CCO[C@H](CNC(=O)c2cn3ccccc3n2)C1. The summed E-state index contributed by atoms with van der Waals surface area (Å²) in [5.74, 6) is 0.486. The number of imidazole rings is 1. The van der Waals surface area contributed by atoms with E-state index < -0.39 is 0 Å². The van der Waals surface area contributed by atoms with E-state index in [-0.39, 0.29) is 12.0 Å². The van der Waals surface area contributed by atoms with E-state index in [1.165, 1.54) is 0 Å². The van der Waals surface area contributed by atoms with Gasteiger partial charge in [0.2, 0.25) is 0 Å². The Morgan fingerprint density at radius 1 is 1.48 bits per heavy atom. The predicted octanol–water partition coefficient (Wildman–Crippen LogP) is 1.42. The van der Waals surface area contributed by atoms with Crippen LogP contribution < -0.4 is 5.32 Å². The van der Waals surface area contributed by atoms with E-state index in [1.807, 2.05) is 28.8 Å². The van der Waals surface area contributed by atoms with Crippen molar-refractivity contribution in [3.8, 4) is 0 Å². The second kappa shape index (κ2) is 7.10. The highest BCUT2D eigenvalue weighted by molar-refractivity contribution is 5.92. The Balaban J connectivity index is 1.54. The van der Waals surface area contributed by atoms with Crippen molar-refractivity contribution in [3.63, 3.8) is 0 Å². The molecule has 1 amide bonds. The molecule has 23 heavy (non-hydrogen) atoms. The molecule has 0 aliphatic carbocycles. The van der Waals surface area contributed by atoms with Crippen molar-refractivity contribution in [2.45, 2.75) is 20.0 Å². The fourth-order valence-electron chi connectivity index (χ4n) is 2.93. The topological polar surface area (TPSA) is 58.9 Å². The van der Waals surface area contributed by atoms with Crippen molar-refractivity contribution in [3.05, 3.63) is 36.3 Å². The van der Waals surface area contributed by atoms with Crippen LogP contribution in [0.15, 0.2) is 30.6 Å². The molecule has 0 bridgehead atoms. The maximum Gasteiger partial charge on any atom is 0.271 e. The number of carbonyl (C=O) groups excluding carboxylic acids is 1. The lowest BCUT2D eigenvalue weighted by Gasteiger charge is -2.33. The van der Waals surface area contributed by atoms with E-state index in [0.29, 0.717) is 18.2 Å². The Morgan fingerprint density at radius 2 is 2.35 bits per heavy atom. The van der Waals surface area contributed by atoms with Crippen molar-refractivity contribution in [2.75, 3.05) is 32.8 Å². The molecule has 3 heterocycles. The Labute approximate surface area is 136 Å². The van der Waals surface area contributed by atoms with Crippen molar-refractivity contribution in [1.29, 1.82) is 0 Å². The quantitative estimate of drug-likeness (QED) is 0.906. The molecule has 0 aromatic carbocycles. The smallest absolute Gasteiger partial charge is 0.271 e. The lowest BCUT2D eigenvalue weighted by molar-refractivity contribution is -0.0295. The summed E-state index contributed by atoms with van der Waals surface area (Å²) in [6.07, 6.45) is 3.67. The summed E-state index contributed by atoms with van der Waals surface area (Å²) in [7, 11) is 0. The number of amides is 1. The summed E-state index contributed by atoms with van der Waals surface area (Å²) >= 11 is 0. The number of morpholine rings is 1. The minimum Gasteiger partial charge on any atom is -0.374 e. The second-order valence-electron chi connectivity index (χ2n) is 6.45. The minimum absolute atomic E-state index is 0.0449. The minimum atomic E-state index is -0.154. The van der Waals surface area contributed by atoms with Crippen molar-refractivity contribution in [2.24, 2.45) is 5.92 Å². The molecule has 0 saturated carbocycles. The average Bonchev–Trinajstić information content (AvgIpc) is 2.96. The van der Waals surface area contributed by atoms with Crippen LogP contribution in [0.25, 0.3) is 5.65 Å². The van der Waals surface area contributed by atoms with Gasteiger partial charge < -0.3 is 14.5 Å². The predicted molar refractivity (Wildman–Crippen MR) is 88.5 cm³/mol. The van der Waals surface area contributed by atoms with Crippen LogP contribution in [0.2, 0.25) is 0 Å². The molecule has 0 unspecified atom stereocenters. The van der Waals surface area contributed by atoms with E-state index >= 15 is 0 Å². The number of ether oxygens (including phenoxy) is 1. The summed E-state index contributed by atoms with van der Waals surface area (Å²) in [5, 5.41) is 2.94. The maximum atomic E-state index is 12.3. The Bertz CT molecular complexity index is 634. The molecule has 1 N–H and O–H groups in total. The molecule has 2 aromatic rings. The van der Waals surface area contributed by atoms with E-state index in [9.17, 15) is 4.79 Å². The van der Waals surface area contributed by atoms with Crippen LogP contribution in [-0.4, -0.2) is 59.1 Å². The average molecular weight is 316 g/mol. The zero-order valence-corrected chi connectivity index (χ0v) is 13.7. The molecule has 0 radical (unpaired) electrons. The van der Waals surface area contributed by atoms with E-state index in [0.717, 1.165) is 31.9 Å². The third-order valence-electron chi connectivity index (χ3n) is 3.93. The number of carbonyl (C=O) groups is 1. The third kappa shape index (κ3) is 4.09. The Morgan fingerprint density at radius 3 is 3.13 bits per heavy atom. The highest BCUT2D eigenvalue weighted by Crippen LogP contribution is 2.08. The molecule has 1 fully saturated rings. The van der Waals surface area contributed by atoms with Crippen molar-refractivity contribution in [1.82, 2.24) is 19.6 Å². The molecule has 0 spiro atoms. The summed E-state index contributed by atoms with van der Waals surface area (Å²) in [4.78, 5) is 19.0. The van der Waals surface area contributed by atoms with E-state index in [1.54, 1.807) is 6.20 Å². The van der Waals surface area contributed by atoms with Gasteiger partial charge in [0.15, 0.2) is 0 Å². The fourth-order valence-corrected chi connectivity index (χ4v) is 2.93. The lowest BCUT2D eigenvalue weighted by Crippen LogP contribution is -2.48. The zero-order valence-electron chi connectivity index (χ0n) is 13.7. The highest BCUT2D eigenvalue weighted by Gasteiger charge is 2.22. The molecular weight excluding hydrogens is 292 g/mol. The monoisotopic (exact) mass is 316 g/mol. The second-order valence-corrected chi connectivity index (χ2v) is 6.45. The highest BCUT2D eigenvalue weighted by atomic mass is 16.5. The number of fused-ring (bicyclic) bond motifs is 1. The summed E-state index contributed by atoms with van der Waals surface area (Å²) in [5.41, 5.74) is 1.21. The van der Waals surface area contributed by atoms with Gasteiger partial charge in [-0.3, -0.25) is 9.69 Å². The van der Waals surface area contributed by atoms with Crippen LogP contribution in [0, 0.1) is 5.92 Å². The molecule has 6 nitrogen and oxygen atoms in total.